The molecular formula is C22H25NO2S. The number of aryl methyl sites for hydroxylation is 1. The number of terminal acetylenes is 1. The van der Waals surface area contributed by atoms with Crippen molar-refractivity contribution in [1.29, 1.82) is 0 Å². The van der Waals surface area contributed by atoms with Crippen LogP contribution in [-0.2, 0) is 16.6 Å². The molecule has 0 aromatic heterocycles. The van der Waals surface area contributed by atoms with Gasteiger partial charge in [0.1, 0.15) is 0 Å². The van der Waals surface area contributed by atoms with E-state index in [0.717, 1.165) is 24.0 Å². The van der Waals surface area contributed by atoms with Gasteiger partial charge >= 0.3 is 0 Å². The minimum Gasteiger partial charge on any atom is -0.207 e. The van der Waals surface area contributed by atoms with Gasteiger partial charge in [-0.2, -0.15) is 4.31 Å². The van der Waals surface area contributed by atoms with Crippen molar-refractivity contribution in [1.82, 2.24) is 4.31 Å². The Balaban J connectivity index is 2.39. The summed E-state index contributed by atoms with van der Waals surface area (Å²) in [7, 11) is -3.70. The van der Waals surface area contributed by atoms with Crippen molar-refractivity contribution < 1.29 is 8.42 Å². The molecule has 0 aliphatic rings. The summed E-state index contributed by atoms with van der Waals surface area (Å²) in [5.74, 6) is 2.68. The van der Waals surface area contributed by atoms with Crippen molar-refractivity contribution in [2.45, 2.75) is 43.7 Å². The summed E-state index contributed by atoms with van der Waals surface area (Å²) in [5, 5.41) is 0. The summed E-state index contributed by atoms with van der Waals surface area (Å²) < 4.78 is 28.0. The SMILES string of the molecule is C#CC(CCCC=C)N(Cc1ccccc1)S(=O)(=O)c1ccc(C)cc1. The van der Waals surface area contributed by atoms with Crippen molar-refractivity contribution >= 4 is 10.0 Å². The molecule has 2 rings (SSSR count). The van der Waals surface area contributed by atoms with Gasteiger partial charge in [0.15, 0.2) is 0 Å². The zero-order chi connectivity index (χ0) is 19.0. The number of allylic oxidation sites excluding steroid dienone is 1. The highest BCUT2D eigenvalue weighted by molar-refractivity contribution is 7.89. The van der Waals surface area contributed by atoms with E-state index in [1.54, 1.807) is 24.3 Å². The second-order valence-corrected chi connectivity index (χ2v) is 8.14. The highest BCUT2D eigenvalue weighted by atomic mass is 32.2. The van der Waals surface area contributed by atoms with Crippen LogP contribution in [0.1, 0.15) is 30.4 Å². The Morgan fingerprint density at radius 3 is 2.38 bits per heavy atom. The first-order valence-corrected chi connectivity index (χ1v) is 10.1. The zero-order valence-corrected chi connectivity index (χ0v) is 16.0. The number of rotatable bonds is 9. The molecule has 26 heavy (non-hydrogen) atoms. The lowest BCUT2D eigenvalue weighted by Crippen LogP contribution is -2.39. The first-order valence-electron chi connectivity index (χ1n) is 8.68. The van der Waals surface area contributed by atoms with Gasteiger partial charge in [0.25, 0.3) is 0 Å². The van der Waals surface area contributed by atoms with Crippen LogP contribution in [0.2, 0.25) is 0 Å². The zero-order valence-electron chi connectivity index (χ0n) is 15.1. The third kappa shape index (κ3) is 5.08. The van der Waals surface area contributed by atoms with Gasteiger partial charge in [-0.3, -0.25) is 0 Å². The Morgan fingerprint density at radius 1 is 1.15 bits per heavy atom. The van der Waals surface area contributed by atoms with Gasteiger partial charge in [0.05, 0.1) is 10.9 Å². The van der Waals surface area contributed by atoms with E-state index in [0.29, 0.717) is 6.42 Å². The van der Waals surface area contributed by atoms with Crippen LogP contribution in [0.25, 0.3) is 0 Å². The summed E-state index contributed by atoms with van der Waals surface area (Å²) in [6.07, 6.45) is 9.75. The van der Waals surface area contributed by atoms with Crippen LogP contribution in [0.3, 0.4) is 0 Å². The average molecular weight is 368 g/mol. The molecule has 136 valence electrons. The highest BCUT2D eigenvalue weighted by Crippen LogP contribution is 2.24. The molecule has 0 heterocycles. The summed E-state index contributed by atoms with van der Waals surface area (Å²) in [6.45, 7) is 5.90. The van der Waals surface area contributed by atoms with Crippen LogP contribution >= 0.6 is 0 Å². The van der Waals surface area contributed by atoms with Gasteiger partial charge in [-0.15, -0.1) is 13.0 Å². The molecular weight excluding hydrogens is 342 g/mol. The largest absolute Gasteiger partial charge is 0.244 e. The van der Waals surface area contributed by atoms with Crippen LogP contribution in [0.4, 0.5) is 0 Å². The number of nitrogens with zero attached hydrogens (tertiary/aromatic N) is 1. The lowest BCUT2D eigenvalue weighted by Gasteiger charge is -2.28. The predicted molar refractivity (Wildman–Crippen MR) is 107 cm³/mol. The van der Waals surface area contributed by atoms with Crippen molar-refractivity contribution in [3.63, 3.8) is 0 Å². The lowest BCUT2D eigenvalue weighted by atomic mass is 10.1. The fourth-order valence-corrected chi connectivity index (χ4v) is 4.31. The molecule has 1 atom stereocenters. The van der Waals surface area contributed by atoms with Crippen LogP contribution in [0.15, 0.2) is 72.1 Å². The summed E-state index contributed by atoms with van der Waals surface area (Å²) in [6, 6.07) is 15.9. The average Bonchev–Trinajstić information content (AvgIpc) is 2.65. The molecule has 0 saturated heterocycles. The lowest BCUT2D eigenvalue weighted by molar-refractivity contribution is 0.345. The smallest absolute Gasteiger partial charge is 0.207 e. The Bertz CT molecular complexity index is 849. The van der Waals surface area contributed by atoms with E-state index in [2.05, 4.69) is 12.5 Å². The van der Waals surface area contributed by atoms with Crippen LogP contribution in [-0.4, -0.2) is 18.8 Å². The summed E-state index contributed by atoms with van der Waals surface area (Å²) in [4.78, 5) is 0.267. The van der Waals surface area contributed by atoms with Gasteiger partial charge in [-0.25, -0.2) is 8.42 Å². The Morgan fingerprint density at radius 2 is 1.81 bits per heavy atom. The Kier molecular flexibility index (Phi) is 7.20. The van der Waals surface area contributed by atoms with Crippen LogP contribution in [0.5, 0.6) is 0 Å². The van der Waals surface area contributed by atoms with Gasteiger partial charge in [0, 0.05) is 6.54 Å². The standard InChI is InChI=1S/C22H25NO2S/c1-4-6-8-13-21(5-2)23(18-20-11-9-7-10-12-20)26(24,25)22-16-14-19(3)15-17-22/h2,4,7,9-12,14-17,21H,1,6,8,13,18H2,3H3. The van der Waals surface area contributed by atoms with Crippen LogP contribution < -0.4 is 0 Å². The number of sulfonamides is 1. The number of benzene rings is 2. The minimum absolute atomic E-state index is 0.250. The van der Waals surface area contributed by atoms with Gasteiger partial charge in [-0.1, -0.05) is 60.0 Å². The quantitative estimate of drug-likeness (QED) is 0.371. The Labute approximate surface area is 157 Å². The van der Waals surface area contributed by atoms with E-state index in [9.17, 15) is 8.42 Å². The first-order chi connectivity index (χ1) is 12.5. The summed E-state index contributed by atoms with van der Waals surface area (Å²) in [5.41, 5.74) is 1.92. The molecule has 0 aliphatic carbocycles. The van der Waals surface area contributed by atoms with E-state index in [4.69, 9.17) is 6.42 Å². The van der Waals surface area contributed by atoms with Gasteiger partial charge in [0.2, 0.25) is 10.0 Å². The number of hydrogen-bond acceptors (Lipinski definition) is 2. The Hall–Kier alpha value is -2.35. The number of unbranched alkanes of at least 4 members (excludes halogenated alkanes) is 1. The van der Waals surface area contributed by atoms with Gasteiger partial charge < -0.3 is 0 Å². The van der Waals surface area contributed by atoms with Crippen molar-refractivity contribution in [2.75, 3.05) is 0 Å². The predicted octanol–water partition coefficient (Wildman–Crippen LogP) is 4.54. The highest BCUT2D eigenvalue weighted by Gasteiger charge is 2.30. The molecule has 0 fully saturated rings. The second-order valence-electron chi connectivity index (χ2n) is 6.25. The first kappa shape index (κ1) is 20.0. The van der Waals surface area contributed by atoms with Gasteiger partial charge in [-0.05, 0) is 43.9 Å². The summed E-state index contributed by atoms with van der Waals surface area (Å²) >= 11 is 0. The molecule has 4 heteroatoms. The fraction of sp³-hybridized carbons (Fsp3) is 0.273. The van der Waals surface area contributed by atoms with E-state index in [1.807, 2.05) is 43.3 Å². The maximum atomic E-state index is 13.3. The third-order valence-corrected chi connectivity index (χ3v) is 6.10. The van der Waals surface area contributed by atoms with E-state index >= 15 is 0 Å². The molecule has 1 unspecified atom stereocenters. The molecule has 0 aliphatic heterocycles. The molecule has 0 saturated carbocycles. The molecule has 0 bridgehead atoms. The third-order valence-electron chi connectivity index (χ3n) is 4.23. The van der Waals surface area contributed by atoms with E-state index in [1.165, 1.54) is 4.31 Å². The molecule has 0 radical (unpaired) electrons. The molecule has 0 N–H and O–H groups in total. The molecule has 2 aromatic carbocycles. The molecule has 3 nitrogen and oxygen atoms in total. The molecule has 2 aromatic rings. The molecule has 0 spiro atoms. The van der Waals surface area contributed by atoms with E-state index < -0.39 is 16.1 Å². The van der Waals surface area contributed by atoms with Crippen molar-refractivity contribution in [2.24, 2.45) is 0 Å². The minimum atomic E-state index is -3.70. The molecule has 0 amide bonds. The number of hydrogen-bond donors (Lipinski definition) is 0. The maximum absolute atomic E-state index is 13.3. The van der Waals surface area contributed by atoms with Crippen LogP contribution in [0, 0.1) is 19.3 Å². The topological polar surface area (TPSA) is 37.4 Å². The van der Waals surface area contributed by atoms with E-state index in [-0.39, 0.29) is 11.4 Å². The van der Waals surface area contributed by atoms with Crippen molar-refractivity contribution in [3.8, 4) is 12.3 Å². The van der Waals surface area contributed by atoms with Crippen molar-refractivity contribution in [3.05, 3.63) is 78.4 Å². The fourth-order valence-electron chi connectivity index (χ4n) is 2.74. The normalized spacial score (nSPS) is 12.5. The maximum Gasteiger partial charge on any atom is 0.244 e. The second kappa shape index (κ2) is 9.38. The monoisotopic (exact) mass is 367 g/mol.